The van der Waals surface area contributed by atoms with Crippen LogP contribution in [0.1, 0.15) is 26.2 Å². The lowest BCUT2D eigenvalue weighted by molar-refractivity contribution is 0.590. The van der Waals surface area contributed by atoms with E-state index in [4.69, 9.17) is 5.53 Å². The number of rotatable bonds is 7. The van der Waals surface area contributed by atoms with E-state index in [0.717, 1.165) is 12.8 Å². The summed E-state index contributed by atoms with van der Waals surface area (Å²) in [7, 11) is -2.99. The van der Waals surface area contributed by atoms with Crippen molar-refractivity contribution in [3.05, 3.63) is 10.4 Å². The summed E-state index contributed by atoms with van der Waals surface area (Å²) < 4.78 is 22.4. The highest BCUT2D eigenvalue weighted by Crippen LogP contribution is 2.00. The Morgan fingerprint density at radius 3 is 2.54 bits per heavy atom. The molecule has 0 amide bonds. The van der Waals surface area contributed by atoms with Crippen LogP contribution in [0.3, 0.4) is 0 Å². The van der Waals surface area contributed by atoms with E-state index < -0.39 is 9.84 Å². The lowest BCUT2D eigenvalue weighted by Crippen LogP contribution is -2.12. The molecule has 0 fully saturated rings. The standard InChI is InChI=1S/C7H15N3O2S/c1-2-3-4-6-13(11,12)7-5-9-10-8/h2-7H2,1H3. The van der Waals surface area contributed by atoms with Crippen molar-refractivity contribution in [3.63, 3.8) is 0 Å². The first-order valence-electron chi connectivity index (χ1n) is 4.33. The molecule has 0 N–H and O–H groups in total. The lowest BCUT2D eigenvalue weighted by Gasteiger charge is -2.00. The molecule has 76 valence electrons. The molecule has 0 unspecified atom stereocenters. The smallest absolute Gasteiger partial charge is 0.150 e. The molecule has 5 nitrogen and oxygen atoms in total. The van der Waals surface area contributed by atoms with Crippen LogP contribution < -0.4 is 0 Å². The Kier molecular flexibility index (Phi) is 6.36. The molecule has 0 aliphatic rings. The van der Waals surface area contributed by atoms with E-state index in [1.807, 2.05) is 6.92 Å². The first-order valence-corrected chi connectivity index (χ1v) is 6.16. The normalized spacial score (nSPS) is 10.8. The highest BCUT2D eigenvalue weighted by atomic mass is 32.2. The van der Waals surface area contributed by atoms with Crippen molar-refractivity contribution in [2.45, 2.75) is 26.2 Å². The van der Waals surface area contributed by atoms with Crippen LogP contribution in [-0.4, -0.2) is 26.5 Å². The predicted octanol–water partition coefficient (Wildman–Crippen LogP) is 1.90. The number of hydrogen-bond acceptors (Lipinski definition) is 3. The van der Waals surface area contributed by atoms with Gasteiger partial charge in [-0.2, -0.15) is 0 Å². The van der Waals surface area contributed by atoms with E-state index in [9.17, 15) is 8.42 Å². The van der Waals surface area contributed by atoms with Gasteiger partial charge in [0.05, 0.1) is 11.5 Å². The quantitative estimate of drug-likeness (QED) is 0.275. The molecule has 0 saturated carbocycles. The van der Waals surface area contributed by atoms with Crippen molar-refractivity contribution in [1.29, 1.82) is 0 Å². The highest BCUT2D eigenvalue weighted by Gasteiger charge is 2.08. The van der Waals surface area contributed by atoms with Gasteiger partial charge in [-0.05, 0) is 12.0 Å². The van der Waals surface area contributed by atoms with Gasteiger partial charge in [0, 0.05) is 11.5 Å². The monoisotopic (exact) mass is 205 g/mol. The molecule has 13 heavy (non-hydrogen) atoms. The molecular weight excluding hydrogens is 190 g/mol. The van der Waals surface area contributed by atoms with Gasteiger partial charge < -0.3 is 0 Å². The van der Waals surface area contributed by atoms with Gasteiger partial charge in [0.25, 0.3) is 0 Å². The highest BCUT2D eigenvalue weighted by molar-refractivity contribution is 7.91. The fourth-order valence-corrected chi connectivity index (χ4v) is 2.11. The minimum atomic E-state index is -2.99. The van der Waals surface area contributed by atoms with Gasteiger partial charge in [-0.15, -0.1) is 0 Å². The Bertz CT molecular complexity index is 267. The van der Waals surface area contributed by atoms with Gasteiger partial charge in [0.1, 0.15) is 9.84 Å². The molecule has 0 aliphatic carbocycles. The summed E-state index contributed by atoms with van der Waals surface area (Å²) in [5.41, 5.74) is 7.94. The predicted molar refractivity (Wildman–Crippen MR) is 52.2 cm³/mol. The Hall–Kier alpha value is -0.740. The van der Waals surface area contributed by atoms with Crippen molar-refractivity contribution in [3.8, 4) is 0 Å². The molecule has 0 atom stereocenters. The zero-order chi connectivity index (χ0) is 10.2. The van der Waals surface area contributed by atoms with Gasteiger partial charge in [-0.1, -0.05) is 24.9 Å². The molecule has 0 aromatic heterocycles. The maximum Gasteiger partial charge on any atom is 0.150 e. The van der Waals surface area contributed by atoms with Crippen LogP contribution in [0, 0.1) is 0 Å². The summed E-state index contributed by atoms with van der Waals surface area (Å²) in [6.45, 7) is 2.07. The lowest BCUT2D eigenvalue weighted by atomic mass is 10.3. The first-order chi connectivity index (χ1) is 6.12. The second-order valence-corrected chi connectivity index (χ2v) is 5.12. The molecule has 0 radical (unpaired) electrons. The number of azide groups is 1. The largest absolute Gasteiger partial charge is 0.229 e. The minimum absolute atomic E-state index is 0.0270. The third-order valence-corrected chi connectivity index (χ3v) is 3.34. The molecule has 0 rings (SSSR count). The zero-order valence-corrected chi connectivity index (χ0v) is 8.63. The van der Waals surface area contributed by atoms with E-state index in [1.165, 1.54) is 0 Å². The SMILES string of the molecule is CCCCCS(=O)(=O)CCN=[N+]=[N-]. The van der Waals surface area contributed by atoms with Crippen molar-refractivity contribution in [2.75, 3.05) is 18.1 Å². The number of hydrogen-bond donors (Lipinski definition) is 0. The topological polar surface area (TPSA) is 82.9 Å². The van der Waals surface area contributed by atoms with Crippen molar-refractivity contribution >= 4 is 9.84 Å². The van der Waals surface area contributed by atoms with Gasteiger partial charge in [0.15, 0.2) is 0 Å². The summed E-state index contributed by atoms with van der Waals surface area (Å²) >= 11 is 0. The molecular formula is C7H15N3O2S. The summed E-state index contributed by atoms with van der Waals surface area (Å²) in [5, 5.41) is 3.19. The summed E-state index contributed by atoms with van der Waals surface area (Å²) in [5.74, 6) is 0.183. The summed E-state index contributed by atoms with van der Waals surface area (Å²) in [6, 6.07) is 0. The van der Waals surface area contributed by atoms with Crippen LogP contribution in [0.5, 0.6) is 0 Å². The van der Waals surface area contributed by atoms with E-state index in [2.05, 4.69) is 10.0 Å². The van der Waals surface area contributed by atoms with Crippen LogP contribution in [-0.2, 0) is 9.84 Å². The third kappa shape index (κ3) is 7.62. The first kappa shape index (κ1) is 12.3. The van der Waals surface area contributed by atoms with Gasteiger partial charge >= 0.3 is 0 Å². The van der Waals surface area contributed by atoms with Crippen molar-refractivity contribution in [2.24, 2.45) is 5.11 Å². The van der Waals surface area contributed by atoms with Crippen LogP contribution in [0.4, 0.5) is 0 Å². The second kappa shape index (κ2) is 6.74. The molecule has 0 bridgehead atoms. The van der Waals surface area contributed by atoms with E-state index in [-0.39, 0.29) is 18.1 Å². The van der Waals surface area contributed by atoms with Crippen LogP contribution >= 0.6 is 0 Å². The summed E-state index contributed by atoms with van der Waals surface area (Å²) in [6.07, 6.45) is 2.64. The van der Waals surface area contributed by atoms with Gasteiger partial charge in [0.2, 0.25) is 0 Å². The number of unbranched alkanes of at least 4 members (excludes halogenated alkanes) is 2. The fourth-order valence-electron chi connectivity index (χ4n) is 0.899. The van der Waals surface area contributed by atoms with Crippen molar-refractivity contribution < 1.29 is 8.42 Å². The average molecular weight is 205 g/mol. The molecule has 0 aliphatic heterocycles. The Morgan fingerprint density at radius 2 is 2.00 bits per heavy atom. The van der Waals surface area contributed by atoms with E-state index in [0.29, 0.717) is 6.42 Å². The van der Waals surface area contributed by atoms with Gasteiger partial charge in [-0.25, -0.2) is 8.42 Å². The van der Waals surface area contributed by atoms with E-state index in [1.54, 1.807) is 0 Å². The number of sulfone groups is 1. The molecule has 0 heterocycles. The maximum atomic E-state index is 11.2. The van der Waals surface area contributed by atoms with Crippen LogP contribution in [0.2, 0.25) is 0 Å². The maximum absolute atomic E-state index is 11.2. The molecule has 0 spiro atoms. The Labute approximate surface area is 78.7 Å². The Morgan fingerprint density at radius 1 is 1.31 bits per heavy atom. The third-order valence-electron chi connectivity index (χ3n) is 1.62. The summed E-state index contributed by atoms with van der Waals surface area (Å²) in [4.78, 5) is 2.50. The molecule has 0 aromatic carbocycles. The zero-order valence-electron chi connectivity index (χ0n) is 7.81. The molecule has 0 aromatic rings. The van der Waals surface area contributed by atoms with Gasteiger partial charge in [-0.3, -0.25) is 0 Å². The van der Waals surface area contributed by atoms with Crippen LogP contribution in [0.25, 0.3) is 10.4 Å². The minimum Gasteiger partial charge on any atom is -0.229 e. The van der Waals surface area contributed by atoms with E-state index >= 15 is 0 Å². The average Bonchev–Trinajstić information content (AvgIpc) is 2.05. The number of nitrogens with zero attached hydrogens (tertiary/aromatic N) is 3. The molecule has 0 saturated heterocycles. The molecule has 6 heteroatoms. The second-order valence-electron chi connectivity index (χ2n) is 2.81. The van der Waals surface area contributed by atoms with Crippen molar-refractivity contribution in [1.82, 2.24) is 0 Å². The Balaban J connectivity index is 3.74. The van der Waals surface area contributed by atoms with Crippen LogP contribution in [0.15, 0.2) is 5.11 Å². The fraction of sp³-hybridized carbons (Fsp3) is 1.00.